The van der Waals surface area contributed by atoms with Gasteiger partial charge in [-0.15, -0.1) is 11.3 Å². The lowest BCUT2D eigenvalue weighted by Crippen LogP contribution is -2.21. The molecule has 5 aromatic rings. The fourth-order valence-corrected chi connectivity index (χ4v) is 5.02. The molecule has 2 aromatic heterocycles. The molecule has 0 atom stereocenters. The van der Waals surface area contributed by atoms with Crippen LogP contribution in [-0.4, -0.2) is 25.1 Å². The molecular formula is C29H24ClN3O4S. The molecule has 0 saturated heterocycles. The molecule has 0 radical (unpaired) electrons. The summed E-state index contributed by atoms with van der Waals surface area (Å²) < 4.78 is 16.9. The molecule has 0 spiro atoms. The van der Waals surface area contributed by atoms with E-state index in [4.69, 9.17) is 30.5 Å². The van der Waals surface area contributed by atoms with Crippen molar-refractivity contribution in [1.29, 1.82) is 0 Å². The Hall–Kier alpha value is -4.14. The Kier molecular flexibility index (Phi) is 7.44. The number of fused-ring (bicyclic) bond motifs is 1. The molecule has 0 saturated carbocycles. The number of anilines is 1. The average Bonchev–Trinajstić information content (AvgIpc) is 3.35. The van der Waals surface area contributed by atoms with E-state index in [1.54, 1.807) is 38.5 Å². The summed E-state index contributed by atoms with van der Waals surface area (Å²) >= 11 is 7.49. The van der Waals surface area contributed by atoms with Crippen molar-refractivity contribution < 1.29 is 18.7 Å². The largest absolute Gasteiger partial charge is 0.497 e. The lowest BCUT2D eigenvalue weighted by atomic mass is 10.1. The van der Waals surface area contributed by atoms with E-state index in [1.165, 1.54) is 11.3 Å². The summed E-state index contributed by atoms with van der Waals surface area (Å²) in [6.07, 6.45) is 0.771. The molecule has 1 N–H and O–H groups in total. The predicted octanol–water partition coefficient (Wildman–Crippen LogP) is 7.27. The minimum Gasteiger partial charge on any atom is -0.497 e. The summed E-state index contributed by atoms with van der Waals surface area (Å²) in [5.41, 5.74) is 3.21. The zero-order chi connectivity index (χ0) is 26.6. The number of para-hydroxylation sites is 1. The van der Waals surface area contributed by atoms with Gasteiger partial charge in [0.2, 0.25) is 5.55 Å². The van der Waals surface area contributed by atoms with Crippen molar-refractivity contribution in [2.24, 2.45) is 4.99 Å². The van der Waals surface area contributed by atoms with E-state index in [2.05, 4.69) is 17.2 Å². The number of rotatable bonds is 7. The number of amides is 1. The Morgan fingerprint density at radius 2 is 1.84 bits per heavy atom. The smallest absolute Gasteiger partial charge is 0.262 e. The first-order valence-electron chi connectivity index (χ1n) is 11.9. The number of nitrogens with zero attached hydrogens (tertiary/aromatic N) is 2. The van der Waals surface area contributed by atoms with Crippen molar-refractivity contribution in [2.45, 2.75) is 13.3 Å². The first kappa shape index (κ1) is 25.5. The van der Waals surface area contributed by atoms with Crippen molar-refractivity contribution in [3.05, 3.63) is 93.8 Å². The van der Waals surface area contributed by atoms with Gasteiger partial charge in [-0.1, -0.05) is 48.9 Å². The number of methoxy groups -OCH3 is 2. The van der Waals surface area contributed by atoms with Crippen LogP contribution in [0.5, 0.6) is 11.5 Å². The molecule has 9 heteroatoms. The molecule has 0 aliphatic heterocycles. The van der Waals surface area contributed by atoms with E-state index < -0.39 is 0 Å². The van der Waals surface area contributed by atoms with Gasteiger partial charge in [0, 0.05) is 26.9 Å². The molecular weight excluding hydrogens is 522 g/mol. The first-order valence-corrected chi connectivity index (χ1v) is 13.0. The predicted molar refractivity (Wildman–Crippen MR) is 151 cm³/mol. The Labute approximate surface area is 228 Å². The third kappa shape index (κ3) is 5.27. The van der Waals surface area contributed by atoms with Crippen LogP contribution in [0, 0.1) is 0 Å². The summed E-state index contributed by atoms with van der Waals surface area (Å²) in [6.45, 7) is 2.05. The summed E-state index contributed by atoms with van der Waals surface area (Å²) in [7, 11) is 3.15. The molecule has 38 heavy (non-hydrogen) atoms. The summed E-state index contributed by atoms with van der Waals surface area (Å²) in [5.74, 6) is 0.788. The standard InChI is InChI=1S/C29H24ClN3O4S/c1-4-24-25(17-11-13-19(30)14-12-17)32-29(38-24)33-27(34)22-15-18-7-5-10-23(36-3)26(18)37-28(22)31-20-8-6-9-21(16-20)35-2/h5-16H,4H2,1-3H3,(H,32,33,34). The highest BCUT2D eigenvalue weighted by molar-refractivity contribution is 7.16. The van der Waals surface area contributed by atoms with Crippen molar-refractivity contribution in [2.75, 3.05) is 19.5 Å². The van der Waals surface area contributed by atoms with Crippen LogP contribution >= 0.6 is 22.9 Å². The molecule has 2 heterocycles. The van der Waals surface area contributed by atoms with Gasteiger partial charge < -0.3 is 13.9 Å². The van der Waals surface area contributed by atoms with Gasteiger partial charge in [-0.2, -0.15) is 0 Å². The van der Waals surface area contributed by atoms with Crippen molar-refractivity contribution >= 4 is 50.6 Å². The number of aromatic nitrogens is 1. The number of aryl methyl sites for hydroxylation is 1. The molecule has 0 unspecified atom stereocenters. The maximum atomic E-state index is 13.6. The van der Waals surface area contributed by atoms with Crippen LogP contribution in [0.15, 0.2) is 82.2 Å². The zero-order valence-electron chi connectivity index (χ0n) is 20.9. The quantitative estimate of drug-likeness (QED) is 0.232. The maximum Gasteiger partial charge on any atom is 0.262 e. The van der Waals surface area contributed by atoms with E-state index in [0.717, 1.165) is 22.6 Å². The monoisotopic (exact) mass is 545 g/mol. The number of ether oxygens (including phenoxy) is 2. The van der Waals surface area contributed by atoms with Gasteiger partial charge in [-0.3, -0.25) is 10.1 Å². The number of carbonyl (C=O) groups is 1. The van der Waals surface area contributed by atoms with Crippen molar-refractivity contribution in [3.8, 4) is 22.8 Å². The Balaban J connectivity index is 1.59. The highest BCUT2D eigenvalue weighted by atomic mass is 35.5. The van der Waals surface area contributed by atoms with Gasteiger partial charge in [0.15, 0.2) is 16.5 Å². The Morgan fingerprint density at radius 1 is 1.05 bits per heavy atom. The Morgan fingerprint density at radius 3 is 2.58 bits per heavy atom. The van der Waals surface area contributed by atoms with Gasteiger partial charge >= 0.3 is 0 Å². The number of hydrogen-bond acceptors (Lipinski definition) is 7. The molecule has 0 bridgehead atoms. The molecule has 0 fully saturated rings. The third-order valence-corrected chi connectivity index (χ3v) is 7.21. The molecule has 0 aliphatic carbocycles. The van der Waals surface area contributed by atoms with E-state index in [9.17, 15) is 4.79 Å². The fourth-order valence-electron chi connectivity index (χ4n) is 3.97. The van der Waals surface area contributed by atoms with Crippen molar-refractivity contribution in [3.63, 3.8) is 0 Å². The van der Waals surface area contributed by atoms with E-state index >= 15 is 0 Å². The van der Waals surface area contributed by atoms with Gasteiger partial charge in [0.25, 0.3) is 5.91 Å². The van der Waals surface area contributed by atoms with Crippen LogP contribution in [0.3, 0.4) is 0 Å². The van der Waals surface area contributed by atoms with Crippen LogP contribution in [0.25, 0.3) is 22.2 Å². The average molecular weight is 546 g/mol. The molecule has 5 rings (SSSR count). The molecule has 7 nitrogen and oxygen atoms in total. The number of hydrogen-bond donors (Lipinski definition) is 1. The fraction of sp³-hybridized carbons (Fsp3) is 0.138. The van der Waals surface area contributed by atoms with Crippen LogP contribution < -0.4 is 20.3 Å². The van der Waals surface area contributed by atoms with Gasteiger partial charge in [0.05, 0.1) is 25.6 Å². The normalized spacial score (nSPS) is 11.5. The third-order valence-electron chi connectivity index (χ3n) is 5.84. The maximum absolute atomic E-state index is 13.6. The molecule has 1 amide bonds. The number of benzene rings is 3. The minimum atomic E-state index is -0.390. The van der Waals surface area contributed by atoms with Crippen molar-refractivity contribution in [1.82, 2.24) is 4.98 Å². The summed E-state index contributed by atoms with van der Waals surface area (Å²) in [5, 5.41) is 4.78. The SMILES string of the molecule is CCc1sc(NC(=O)c2cc3cccc(OC)c3oc2=Nc2cccc(OC)c2)nc1-c1ccc(Cl)cc1. The lowest BCUT2D eigenvalue weighted by Gasteiger charge is -2.08. The lowest BCUT2D eigenvalue weighted by molar-refractivity contribution is 0.102. The number of nitrogens with one attached hydrogen (secondary N) is 1. The highest BCUT2D eigenvalue weighted by Gasteiger charge is 2.18. The second-order valence-corrected chi connectivity index (χ2v) is 9.78. The minimum absolute atomic E-state index is 0.137. The second-order valence-electron chi connectivity index (χ2n) is 8.26. The van der Waals surface area contributed by atoms with Crippen LogP contribution in [0.2, 0.25) is 5.02 Å². The van der Waals surface area contributed by atoms with Gasteiger partial charge in [-0.05, 0) is 42.8 Å². The second kappa shape index (κ2) is 11.1. The van der Waals surface area contributed by atoms with Crippen LogP contribution in [-0.2, 0) is 6.42 Å². The van der Waals surface area contributed by atoms with E-state index in [0.29, 0.717) is 38.3 Å². The van der Waals surface area contributed by atoms with Gasteiger partial charge in [-0.25, -0.2) is 9.98 Å². The Bertz CT molecular complexity index is 1690. The first-order chi connectivity index (χ1) is 18.5. The number of thiazole rings is 1. The van der Waals surface area contributed by atoms with E-state index in [1.807, 2.05) is 48.5 Å². The van der Waals surface area contributed by atoms with Crippen LogP contribution in [0.1, 0.15) is 22.2 Å². The number of halogens is 1. The molecule has 192 valence electrons. The summed E-state index contributed by atoms with van der Waals surface area (Å²) in [4.78, 5) is 24.0. The zero-order valence-corrected chi connectivity index (χ0v) is 22.5. The molecule has 0 aliphatic rings. The number of carbonyl (C=O) groups excluding carboxylic acids is 1. The molecule has 3 aromatic carbocycles. The van der Waals surface area contributed by atoms with Crippen LogP contribution in [0.4, 0.5) is 10.8 Å². The summed E-state index contributed by atoms with van der Waals surface area (Å²) in [6, 6.07) is 21.9. The van der Waals surface area contributed by atoms with Gasteiger partial charge in [0.1, 0.15) is 11.3 Å². The highest BCUT2D eigenvalue weighted by Crippen LogP contribution is 2.33. The topological polar surface area (TPSA) is 86.0 Å². The van der Waals surface area contributed by atoms with E-state index in [-0.39, 0.29) is 17.0 Å².